The molecule has 1 aliphatic heterocycles. The number of ether oxygens (including phenoxy) is 2. The predicted molar refractivity (Wildman–Crippen MR) is 115 cm³/mol. The number of primary amides is 1. The molecule has 11 nitrogen and oxygen atoms in total. The molecule has 2 aromatic heterocycles. The van der Waals surface area contributed by atoms with Gasteiger partial charge in [-0.15, -0.1) is 12.4 Å². The van der Waals surface area contributed by atoms with Gasteiger partial charge in [0.05, 0.1) is 5.39 Å². The van der Waals surface area contributed by atoms with Gasteiger partial charge in [-0.3, -0.25) is 0 Å². The number of hydrogen-bond donors (Lipinski definition) is 5. The van der Waals surface area contributed by atoms with E-state index in [4.69, 9.17) is 20.9 Å². The Hall–Kier alpha value is -3.12. The summed E-state index contributed by atoms with van der Waals surface area (Å²) in [5, 5.41) is 24.7. The van der Waals surface area contributed by atoms with E-state index in [0.29, 0.717) is 28.3 Å². The van der Waals surface area contributed by atoms with Gasteiger partial charge >= 0.3 is 6.03 Å². The van der Waals surface area contributed by atoms with Crippen LogP contribution in [0.5, 0.6) is 5.75 Å². The maximum Gasteiger partial charge on any atom is 0.316 e. The fourth-order valence-corrected chi connectivity index (χ4v) is 3.46. The summed E-state index contributed by atoms with van der Waals surface area (Å²) >= 11 is 0. The lowest BCUT2D eigenvalue weighted by atomic mass is 9.95. The van der Waals surface area contributed by atoms with Crippen LogP contribution in [-0.2, 0) is 4.74 Å². The van der Waals surface area contributed by atoms with Gasteiger partial charge in [-0.1, -0.05) is 6.07 Å². The Labute approximate surface area is 183 Å². The lowest BCUT2D eigenvalue weighted by Gasteiger charge is -2.26. The number of nitrogen functional groups attached to an aromatic ring is 1. The number of aliphatic hydroxyl groups excluding tert-OH is 1. The smallest absolute Gasteiger partial charge is 0.316 e. The van der Waals surface area contributed by atoms with Crippen LogP contribution in [-0.4, -0.2) is 55.2 Å². The van der Waals surface area contributed by atoms with Crippen molar-refractivity contribution in [3.63, 3.8) is 0 Å². The second kappa shape index (κ2) is 8.55. The third-order valence-corrected chi connectivity index (χ3v) is 5.14. The monoisotopic (exact) mass is 450 g/mol. The van der Waals surface area contributed by atoms with Crippen LogP contribution in [0.15, 0.2) is 42.9 Å². The molecule has 1 fully saturated rings. The molecule has 166 valence electrons. The van der Waals surface area contributed by atoms with Crippen molar-refractivity contribution in [2.75, 3.05) is 17.7 Å². The largest absolute Gasteiger partial charge is 0.491 e. The van der Waals surface area contributed by atoms with Crippen molar-refractivity contribution in [1.29, 1.82) is 0 Å². The summed E-state index contributed by atoms with van der Waals surface area (Å²) in [6.45, 7) is 1.43. The molecule has 0 aliphatic carbocycles. The molecule has 1 saturated heterocycles. The van der Waals surface area contributed by atoms with Crippen molar-refractivity contribution in [3.05, 3.63) is 42.9 Å². The third kappa shape index (κ3) is 4.21. The van der Waals surface area contributed by atoms with E-state index in [1.54, 1.807) is 41.1 Å². The number of nitrogens with one attached hydrogen (secondary N) is 1. The topological polar surface area (TPSA) is 171 Å². The molecule has 31 heavy (non-hydrogen) atoms. The van der Waals surface area contributed by atoms with Crippen LogP contribution in [0.3, 0.4) is 0 Å². The van der Waals surface area contributed by atoms with Crippen molar-refractivity contribution in [3.8, 4) is 5.75 Å². The summed E-state index contributed by atoms with van der Waals surface area (Å²) < 4.78 is 13.3. The highest BCUT2D eigenvalue weighted by atomic mass is 35.5. The van der Waals surface area contributed by atoms with E-state index < -0.39 is 30.1 Å². The van der Waals surface area contributed by atoms with Crippen LogP contribution in [0.2, 0.25) is 0 Å². The van der Waals surface area contributed by atoms with Gasteiger partial charge in [0.1, 0.15) is 48.0 Å². The number of rotatable bonds is 5. The predicted octanol–water partition coefficient (Wildman–Crippen LogP) is 1.01. The van der Waals surface area contributed by atoms with E-state index >= 15 is 0 Å². The number of halogens is 1. The molecular formula is C19H23ClN6O5. The van der Waals surface area contributed by atoms with Crippen molar-refractivity contribution in [2.24, 2.45) is 5.73 Å². The van der Waals surface area contributed by atoms with Gasteiger partial charge in [0, 0.05) is 18.0 Å². The van der Waals surface area contributed by atoms with Crippen LogP contribution >= 0.6 is 12.4 Å². The maximum absolute atomic E-state index is 11.0. The average Bonchev–Trinajstić information content (AvgIpc) is 3.21. The van der Waals surface area contributed by atoms with E-state index in [1.807, 2.05) is 0 Å². The number of carbonyl (C=O) groups is 1. The van der Waals surface area contributed by atoms with Gasteiger partial charge in [0.15, 0.2) is 6.23 Å². The van der Waals surface area contributed by atoms with Crippen LogP contribution in [0.25, 0.3) is 11.0 Å². The summed E-state index contributed by atoms with van der Waals surface area (Å²) in [5.74, 6) is 0.743. The maximum atomic E-state index is 11.0. The number of fused-ring (bicyclic) bond motifs is 1. The first-order valence-electron chi connectivity index (χ1n) is 9.19. The minimum Gasteiger partial charge on any atom is -0.491 e. The zero-order valence-corrected chi connectivity index (χ0v) is 17.3. The van der Waals surface area contributed by atoms with E-state index in [1.165, 1.54) is 13.3 Å². The molecule has 0 unspecified atom stereocenters. The lowest BCUT2D eigenvalue weighted by molar-refractivity contribution is -0.0765. The molecule has 3 aromatic rings. The highest BCUT2D eigenvalue weighted by Crippen LogP contribution is 2.39. The Balaban J connectivity index is 0.00000272. The molecule has 4 atom stereocenters. The number of benzene rings is 1. The quantitative estimate of drug-likeness (QED) is 0.383. The Bertz CT molecular complexity index is 1090. The molecule has 0 radical (unpaired) electrons. The second-order valence-electron chi connectivity index (χ2n) is 7.23. The summed E-state index contributed by atoms with van der Waals surface area (Å²) in [6.07, 6.45) is -0.00522. The van der Waals surface area contributed by atoms with E-state index in [9.17, 15) is 15.0 Å². The van der Waals surface area contributed by atoms with Crippen LogP contribution in [0.1, 0.15) is 13.2 Å². The molecule has 1 aliphatic rings. The molecule has 0 bridgehead atoms. The standard InChI is InChI=1S/C19H22N6O5.ClH/c1-19(28)13(8-29-11-4-2-3-10(7-11)24-18(21)27)30-17(14(19)26)25-6-5-12-15(20)22-9-23-16(12)25;/h2-7,9,13-14,17,26,28H,8H2,1H3,(H2,20,22,23)(H3,21,24,27);1H/t13-,14+,17-,19-;/m1./s1. The van der Waals surface area contributed by atoms with Crippen LogP contribution in [0.4, 0.5) is 16.3 Å². The summed E-state index contributed by atoms with van der Waals surface area (Å²) in [7, 11) is 0. The number of hydrogen-bond acceptors (Lipinski definition) is 8. The van der Waals surface area contributed by atoms with Crippen LogP contribution in [0, 0.1) is 0 Å². The minimum absolute atomic E-state index is 0. The highest BCUT2D eigenvalue weighted by molar-refractivity contribution is 5.88. The normalized spacial score (nSPS) is 25.2. The SMILES string of the molecule is C[C@@]1(O)[C@@H](COc2cccc(NC(N)=O)c2)O[C@@H](n2ccc3c(N)ncnc32)[C@@H]1O.Cl. The fourth-order valence-electron chi connectivity index (χ4n) is 3.46. The molecule has 3 heterocycles. The number of amides is 2. The number of anilines is 2. The highest BCUT2D eigenvalue weighted by Gasteiger charge is 2.53. The summed E-state index contributed by atoms with van der Waals surface area (Å²) in [5.41, 5.74) is 10.3. The van der Waals surface area contributed by atoms with Gasteiger partial charge in [0.25, 0.3) is 0 Å². The number of urea groups is 1. The minimum atomic E-state index is -1.59. The van der Waals surface area contributed by atoms with E-state index in [2.05, 4.69) is 15.3 Å². The number of nitrogens with two attached hydrogens (primary N) is 2. The molecule has 12 heteroatoms. The molecule has 1 aromatic carbocycles. The molecule has 7 N–H and O–H groups in total. The lowest BCUT2D eigenvalue weighted by Crippen LogP contribution is -2.47. The zero-order chi connectivity index (χ0) is 21.5. The van der Waals surface area contributed by atoms with Gasteiger partial charge in [-0.25, -0.2) is 14.8 Å². The van der Waals surface area contributed by atoms with Crippen molar-refractivity contribution >= 4 is 41.0 Å². The van der Waals surface area contributed by atoms with E-state index in [0.717, 1.165) is 0 Å². The molecule has 4 rings (SSSR count). The number of carbonyl (C=O) groups excluding carboxylic acids is 1. The van der Waals surface area contributed by atoms with E-state index in [-0.39, 0.29) is 19.0 Å². The second-order valence-corrected chi connectivity index (χ2v) is 7.23. The molecule has 0 spiro atoms. The first kappa shape index (κ1) is 22.6. The number of aromatic nitrogens is 3. The molecule has 0 saturated carbocycles. The Morgan fingerprint density at radius 2 is 2.16 bits per heavy atom. The van der Waals surface area contributed by atoms with Crippen molar-refractivity contribution in [1.82, 2.24) is 14.5 Å². The van der Waals surface area contributed by atoms with Gasteiger partial charge < -0.3 is 41.0 Å². The fraction of sp³-hybridized carbons (Fsp3) is 0.316. The van der Waals surface area contributed by atoms with Gasteiger partial charge in [0.2, 0.25) is 0 Å². The first-order valence-corrected chi connectivity index (χ1v) is 9.19. The number of nitrogens with zero attached hydrogens (tertiary/aromatic N) is 3. The Morgan fingerprint density at radius 1 is 1.39 bits per heavy atom. The first-order chi connectivity index (χ1) is 14.3. The van der Waals surface area contributed by atoms with Crippen molar-refractivity contribution < 1.29 is 24.5 Å². The molecular weight excluding hydrogens is 428 g/mol. The van der Waals surface area contributed by atoms with Gasteiger partial charge in [-0.2, -0.15) is 0 Å². The zero-order valence-electron chi connectivity index (χ0n) is 16.5. The third-order valence-electron chi connectivity index (χ3n) is 5.14. The summed E-state index contributed by atoms with van der Waals surface area (Å²) in [6, 6.07) is 7.64. The summed E-state index contributed by atoms with van der Waals surface area (Å²) in [4.78, 5) is 19.1. The Morgan fingerprint density at radius 3 is 2.90 bits per heavy atom. The van der Waals surface area contributed by atoms with Crippen LogP contribution < -0.4 is 21.5 Å². The average molecular weight is 451 g/mol. The molecule has 2 amide bonds. The van der Waals surface area contributed by atoms with Crippen molar-refractivity contribution in [2.45, 2.75) is 31.0 Å². The number of aliphatic hydroxyl groups is 2. The van der Waals surface area contributed by atoms with Gasteiger partial charge in [-0.05, 0) is 25.1 Å². The Kier molecular flexibility index (Phi) is 6.23.